The summed E-state index contributed by atoms with van der Waals surface area (Å²) in [6, 6.07) is 14.9. The van der Waals surface area contributed by atoms with Crippen LogP contribution in [0, 0.1) is 0 Å². The lowest BCUT2D eigenvalue weighted by molar-refractivity contribution is 0.117. The Labute approximate surface area is 105 Å². The molecule has 0 amide bonds. The zero-order chi connectivity index (χ0) is 11.7. The normalized spacial score (nSPS) is 17.0. The highest BCUT2D eigenvalue weighted by Gasteiger charge is 2.45. The summed E-state index contributed by atoms with van der Waals surface area (Å²) in [5, 5.41) is 0. The van der Waals surface area contributed by atoms with Crippen molar-refractivity contribution in [3.63, 3.8) is 0 Å². The first kappa shape index (κ1) is 11.0. The second-order valence-electron chi connectivity index (χ2n) is 4.62. The molecule has 1 aromatic carbocycles. The Bertz CT molecular complexity index is 502. The summed E-state index contributed by atoms with van der Waals surface area (Å²) < 4.78 is 0. The van der Waals surface area contributed by atoms with Crippen LogP contribution in [0.4, 0.5) is 0 Å². The zero-order valence-electron chi connectivity index (χ0n) is 9.56. The fourth-order valence-corrected chi connectivity index (χ4v) is 3.40. The van der Waals surface area contributed by atoms with Gasteiger partial charge in [0.15, 0.2) is 0 Å². The van der Waals surface area contributed by atoms with Gasteiger partial charge < -0.3 is 4.84 Å². The molecule has 2 nitrogen and oxygen atoms in total. The Hall–Kier alpha value is -1.16. The van der Waals surface area contributed by atoms with Crippen LogP contribution in [0.2, 0.25) is 0 Å². The summed E-state index contributed by atoms with van der Waals surface area (Å²) in [6.07, 6.45) is 2.39. The molecule has 1 aliphatic carbocycles. The Balaban J connectivity index is 1.89. The molecular weight excluding hydrogens is 230 g/mol. The van der Waals surface area contributed by atoms with E-state index >= 15 is 0 Å². The van der Waals surface area contributed by atoms with Gasteiger partial charge in [0, 0.05) is 15.2 Å². The smallest absolute Gasteiger partial charge is 0.0783 e. The average Bonchev–Trinajstić information content (AvgIpc) is 2.98. The SMILES string of the molecule is NOCC1(c2ccc(-c3ccccc3)s2)CC1. The van der Waals surface area contributed by atoms with Crippen molar-refractivity contribution in [3.05, 3.63) is 47.3 Å². The van der Waals surface area contributed by atoms with E-state index in [1.807, 2.05) is 17.4 Å². The largest absolute Gasteiger partial charge is 0.304 e. The van der Waals surface area contributed by atoms with Gasteiger partial charge in [0.05, 0.1) is 6.61 Å². The highest BCUT2D eigenvalue weighted by atomic mass is 32.1. The topological polar surface area (TPSA) is 35.2 Å². The standard InChI is InChI=1S/C14H15NOS/c15-16-10-14(8-9-14)13-7-6-12(17-13)11-4-2-1-3-5-11/h1-7H,8-10,15H2. The van der Waals surface area contributed by atoms with Crippen molar-refractivity contribution in [2.24, 2.45) is 5.90 Å². The van der Waals surface area contributed by atoms with Crippen LogP contribution in [0.3, 0.4) is 0 Å². The summed E-state index contributed by atoms with van der Waals surface area (Å²) in [5.41, 5.74) is 1.50. The molecule has 1 saturated carbocycles. The van der Waals surface area contributed by atoms with Crippen molar-refractivity contribution >= 4 is 11.3 Å². The molecule has 1 fully saturated rings. The number of rotatable bonds is 4. The monoisotopic (exact) mass is 245 g/mol. The molecule has 0 saturated heterocycles. The number of nitrogens with two attached hydrogens (primary N) is 1. The summed E-state index contributed by atoms with van der Waals surface area (Å²) in [5.74, 6) is 5.21. The van der Waals surface area contributed by atoms with Gasteiger partial charge in [-0.3, -0.25) is 0 Å². The molecule has 0 unspecified atom stereocenters. The maximum absolute atomic E-state index is 5.21. The molecule has 3 rings (SSSR count). The maximum atomic E-state index is 5.21. The second kappa shape index (κ2) is 4.26. The first-order chi connectivity index (χ1) is 8.34. The van der Waals surface area contributed by atoms with Crippen molar-refractivity contribution in [2.75, 3.05) is 6.61 Å². The lowest BCUT2D eigenvalue weighted by atomic mass is 10.1. The molecule has 0 aliphatic heterocycles. The third kappa shape index (κ3) is 2.02. The number of hydrogen-bond acceptors (Lipinski definition) is 3. The molecule has 1 heterocycles. The molecule has 1 aliphatic rings. The van der Waals surface area contributed by atoms with E-state index in [4.69, 9.17) is 10.7 Å². The molecule has 0 spiro atoms. The third-order valence-electron chi connectivity index (χ3n) is 3.40. The fraction of sp³-hybridized carbons (Fsp3) is 0.286. The minimum absolute atomic E-state index is 0.215. The molecular formula is C14H15NOS. The number of thiophene rings is 1. The van der Waals surface area contributed by atoms with Gasteiger partial charge in [-0.15, -0.1) is 11.3 Å². The molecule has 17 heavy (non-hydrogen) atoms. The van der Waals surface area contributed by atoms with Crippen molar-refractivity contribution in [2.45, 2.75) is 18.3 Å². The second-order valence-corrected chi connectivity index (χ2v) is 5.71. The van der Waals surface area contributed by atoms with Gasteiger partial charge >= 0.3 is 0 Å². The van der Waals surface area contributed by atoms with Crippen molar-refractivity contribution in [1.82, 2.24) is 0 Å². The number of benzene rings is 1. The van der Waals surface area contributed by atoms with E-state index in [-0.39, 0.29) is 5.41 Å². The lowest BCUT2D eigenvalue weighted by Crippen LogP contribution is -2.16. The van der Waals surface area contributed by atoms with Crippen LogP contribution in [-0.2, 0) is 10.3 Å². The Morgan fingerprint density at radius 3 is 2.53 bits per heavy atom. The van der Waals surface area contributed by atoms with E-state index in [0.717, 1.165) is 0 Å². The van der Waals surface area contributed by atoms with Gasteiger partial charge in [-0.2, -0.15) is 0 Å². The number of hydrogen-bond donors (Lipinski definition) is 1. The first-order valence-corrected chi connectivity index (χ1v) is 6.63. The summed E-state index contributed by atoms with van der Waals surface area (Å²) in [6.45, 7) is 0.641. The molecule has 0 radical (unpaired) electrons. The van der Waals surface area contributed by atoms with Crippen LogP contribution in [-0.4, -0.2) is 6.61 Å². The van der Waals surface area contributed by atoms with Gasteiger partial charge in [-0.1, -0.05) is 30.3 Å². The predicted molar refractivity (Wildman–Crippen MR) is 70.8 cm³/mol. The first-order valence-electron chi connectivity index (χ1n) is 5.81. The van der Waals surface area contributed by atoms with Crippen molar-refractivity contribution < 1.29 is 4.84 Å². The summed E-state index contributed by atoms with van der Waals surface area (Å²) in [7, 11) is 0. The highest BCUT2D eigenvalue weighted by Crippen LogP contribution is 2.51. The summed E-state index contributed by atoms with van der Waals surface area (Å²) >= 11 is 1.86. The van der Waals surface area contributed by atoms with E-state index in [1.54, 1.807) is 0 Å². The van der Waals surface area contributed by atoms with Crippen LogP contribution in [0.1, 0.15) is 17.7 Å². The van der Waals surface area contributed by atoms with Crippen LogP contribution in [0.15, 0.2) is 42.5 Å². The van der Waals surface area contributed by atoms with Gasteiger partial charge in [-0.25, -0.2) is 5.90 Å². The zero-order valence-corrected chi connectivity index (χ0v) is 10.4. The minimum atomic E-state index is 0.215. The Kier molecular flexibility index (Phi) is 2.74. The summed E-state index contributed by atoms with van der Waals surface area (Å²) in [4.78, 5) is 7.57. The van der Waals surface area contributed by atoms with E-state index in [1.165, 1.54) is 28.2 Å². The highest BCUT2D eigenvalue weighted by molar-refractivity contribution is 7.15. The van der Waals surface area contributed by atoms with Gasteiger partial charge in [0.1, 0.15) is 0 Å². The van der Waals surface area contributed by atoms with E-state index in [0.29, 0.717) is 6.61 Å². The lowest BCUT2D eigenvalue weighted by Gasteiger charge is -2.10. The fourth-order valence-electron chi connectivity index (χ4n) is 2.15. The molecule has 2 aromatic rings. The van der Waals surface area contributed by atoms with Gasteiger partial charge in [0.2, 0.25) is 0 Å². The third-order valence-corrected chi connectivity index (χ3v) is 4.78. The van der Waals surface area contributed by atoms with Crippen LogP contribution in [0.25, 0.3) is 10.4 Å². The van der Waals surface area contributed by atoms with Gasteiger partial charge in [-0.05, 0) is 30.5 Å². The van der Waals surface area contributed by atoms with Crippen LogP contribution < -0.4 is 5.90 Å². The Morgan fingerprint density at radius 1 is 1.12 bits per heavy atom. The van der Waals surface area contributed by atoms with Crippen LogP contribution in [0.5, 0.6) is 0 Å². The quantitative estimate of drug-likeness (QED) is 0.838. The molecule has 2 N–H and O–H groups in total. The average molecular weight is 245 g/mol. The minimum Gasteiger partial charge on any atom is -0.304 e. The maximum Gasteiger partial charge on any atom is 0.0783 e. The predicted octanol–water partition coefficient (Wildman–Crippen LogP) is 3.34. The van der Waals surface area contributed by atoms with Crippen molar-refractivity contribution in [3.8, 4) is 10.4 Å². The molecule has 0 atom stereocenters. The molecule has 1 aromatic heterocycles. The van der Waals surface area contributed by atoms with E-state index in [9.17, 15) is 0 Å². The Morgan fingerprint density at radius 2 is 1.88 bits per heavy atom. The van der Waals surface area contributed by atoms with Gasteiger partial charge in [0.25, 0.3) is 0 Å². The van der Waals surface area contributed by atoms with Crippen molar-refractivity contribution in [1.29, 1.82) is 0 Å². The van der Waals surface area contributed by atoms with E-state index < -0.39 is 0 Å². The van der Waals surface area contributed by atoms with E-state index in [2.05, 4.69) is 36.4 Å². The molecule has 3 heteroatoms. The molecule has 0 bridgehead atoms. The molecule has 88 valence electrons. The van der Waals surface area contributed by atoms with Crippen LogP contribution >= 0.6 is 11.3 Å².